The zero-order chi connectivity index (χ0) is 64.3. The summed E-state index contributed by atoms with van der Waals surface area (Å²) in [6.45, 7) is 9.33. The number of esters is 4. The van der Waals surface area contributed by atoms with Crippen LogP contribution in [0.4, 0.5) is 0 Å². The molecular formula is C68H128O17P2. The highest BCUT2D eigenvalue weighted by Crippen LogP contribution is 2.45. The Balaban J connectivity index is 5.20. The molecule has 3 N–H and O–H groups in total. The molecule has 0 saturated heterocycles. The molecule has 17 nitrogen and oxygen atoms in total. The molecule has 0 heterocycles. The molecule has 2 unspecified atom stereocenters. The maximum absolute atomic E-state index is 13.0. The molecule has 0 aliphatic heterocycles. The molecule has 0 rings (SSSR count). The lowest BCUT2D eigenvalue weighted by molar-refractivity contribution is -0.161. The molecule has 0 amide bonds. The number of allylic oxidation sites excluding steroid dienone is 4. The second kappa shape index (κ2) is 59.8. The summed E-state index contributed by atoms with van der Waals surface area (Å²) in [6, 6.07) is 0. The van der Waals surface area contributed by atoms with Crippen molar-refractivity contribution in [2.24, 2.45) is 11.8 Å². The number of hydrogen-bond acceptors (Lipinski definition) is 15. The molecule has 0 aliphatic rings. The first-order valence-corrected chi connectivity index (χ1v) is 37.8. The molecule has 0 fully saturated rings. The Morgan fingerprint density at radius 2 is 0.621 bits per heavy atom. The maximum Gasteiger partial charge on any atom is 0.472 e. The van der Waals surface area contributed by atoms with E-state index in [1.807, 2.05) is 0 Å². The van der Waals surface area contributed by atoms with Gasteiger partial charge in [0.2, 0.25) is 0 Å². The van der Waals surface area contributed by atoms with Crippen LogP contribution in [-0.2, 0) is 65.4 Å². The van der Waals surface area contributed by atoms with Crippen LogP contribution in [0.3, 0.4) is 0 Å². The van der Waals surface area contributed by atoms with Gasteiger partial charge in [0.05, 0.1) is 26.4 Å². The van der Waals surface area contributed by atoms with Gasteiger partial charge in [-0.25, -0.2) is 9.13 Å². The predicted octanol–water partition coefficient (Wildman–Crippen LogP) is 18.8. The van der Waals surface area contributed by atoms with E-state index in [0.717, 1.165) is 121 Å². The molecule has 0 radical (unpaired) electrons. The van der Waals surface area contributed by atoms with Gasteiger partial charge in [-0.1, -0.05) is 265 Å². The molecule has 0 saturated carbocycles. The highest BCUT2D eigenvalue weighted by molar-refractivity contribution is 7.47. The van der Waals surface area contributed by atoms with E-state index in [1.54, 1.807) is 0 Å². The summed E-state index contributed by atoms with van der Waals surface area (Å²) < 4.78 is 67.9. The first-order chi connectivity index (χ1) is 41.9. The first-order valence-electron chi connectivity index (χ1n) is 34.8. The Morgan fingerprint density at radius 1 is 0.356 bits per heavy atom. The molecule has 0 aromatic carbocycles. The molecular weight excluding hydrogens is 1150 g/mol. The molecule has 0 aromatic rings. The molecule has 0 spiro atoms. The summed E-state index contributed by atoms with van der Waals surface area (Å²) >= 11 is 0. The molecule has 5 atom stereocenters. The topological polar surface area (TPSA) is 237 Å². The number of hydrogen-bond donors (Lipinski definition) is 3. The normalized spacial score (nSPS) is 14.4. The van der Waals surface area contributed by atoms with Gasteiger partial charge in [0, 0.05) is 25.7 Å². The van der Waals surface area contributed by atoms with E-state index in [4.69, 9.17) is 37.0 Å². The quantitative estimate of drug-likeness (QED) is 0.0169. The van der Waals surface area contributed by atoms with E-state index in [1.165, 1.54) is 109 Å². The van der Waals surface area contributed by atoms with Crippen LogP contribution in [0.15, 0.2) is 24.3 Å². The van der Waals surface area contributed by atoms with Crippen molar-refractivity contribution in [1.82, 2.24) is 0 Å². The third kappa shape index (κ3) is 62.1. The van der Waals surface area contributed by atoms with Gasteiger partial charge in [0.1, 0.15) is 19.3 Å². The number of carbonyl (C=O) groups excluding carboxylic acids is 4. The van der Waals surface area contributed by atoms with Gasteiger partial charge in [-0.15, -0.1) is 0 Å². The molecule has 87 heavy (non-hydrogen) atoms. The predicted molar refractivity (Wildman–Crippen MR) is 349 cm³/mol. The van der Waals surface area contributed by atoms with Gasteiger partial charge in [0.25, 0.3) is 0 Å². The summed E-state index contributed by atoms with van der Waals surface area (Å²) in [5.74, 6) is -0.684. The minimum atomic E-state index is -4.96. The van der Waals surface area contributed by atoms with Crippen LogP contribution in [0.5, 0.6) is 0 Å². The fourth-order valence-electron chi connectivity index (χ4n) is 9.70. The van der Waals surface area contributed by atoms with Crippen molar-refractivity contribution < 1.29 is 80.2 Å². The van der Waals surface area contributed by atoms with Crippen molar-refractivity contribution in [3.63, 3.8) is 0 Å². The monoisotopic (exact) mass is 1280 g/mol. The minimum absolute atomic E-state index is 0.100. The first kappa shape index (κ1) is 84.5. The van der Waals surface area contributed by atoms with Crippen LogP contribution in [0.1, 0.15) is 318 Å². The van der Waals surface area contributed by atoms with Gasteiger partial charge in [-0.2, -0.15) is 0 Å². The number of aliphatic hydroxyl groups is 1. The number of unbranched alkanes of at least 4 members (excludes halogenated alkanes) is 32. The molecule has 512 valence electrons. The summed E-state index contributed by atoms with van der Waals surface area (Å²) in [5, 5.41) is 10.5. The Hall–Kier alpha value is -2.46. The lowest BCUT2D eigenvalue weighted by atomic mass is 10.0. The lowest BCUT2D eigenvalue weighted by Gasteiger charge is -2.21. The SMILES string of the molecule is CCCCCC/C=C\C=C/CCCCCCCC(=O)OC[C@H](COP(=O)(O)OC[C@@H](O)COP(=O)(O)OC[C@@H](COC(=O)CCCCCCC)OC(=O)CCCCCCCCCC(C)C)OC(=O)CCCCCCCCCCCCCCCCC(C)C. The van der Waals surface area contributed by atoms with Crippen molar-refractivity contribution >= 4 is 39.5 Å². The van der Waals surface area contributed by atoms with E-state index in [9.17, 15) is 43.2 Å². The summed E-state index contributed by atoms with van der Waals surface area (Å²) in [7, 11) is -9.90. The number of phosphoric acid groups is 2. The second-order valence-corrected chi connectivity index (χ2v) is 27.7. The lowest BCUT2D eigenvalue weighted by Crippen LogP contribution is -2.30. The smallest absolute Gasteiger partial charge is 0.462 e. The van der Waals surface area contributed by atoms with Crippen molar-refractivity contribution in [1.29, 1.82) is 0 Å². The Morgan fingerprint density at radius 3 is 0.943 bits per heavy atom. The van der Waals surface area contributed by atoms with E-state index in [2.05, 4.69) is 65.8 Å². The van der Waals surface area contributed by atoms with Gasteiger partial charge in [-0.05, 0) is 63.2 Å². The summed E-state index contributed by atoms with van der Waals surface area (Å²) in [4.78, 5) is 72.1. The van der Waals surface area contributed by atoms with Gasteiger partial charge in [0.15, 0.2) is 12.2 Å². The number of aliphatic hydroxyl groups excluding tert-OH is 1. The van der Waals surface area contributed by atoms with E-state index >= 15 is 0 Å². The zero-order valence-electron chi connectivity index (χ0n) is 55.8. The van der Waals surface area contributed by atoms with Crippen molar-refractivity contribution in [2.75, 3.05) is 39.6 Å². The van der Waals surface area contributed by atoms with Gasteiger partial charge < -0.3 is 33.8 Å². The number of rotatable bonds is 65. The Labute approximate surface area is 529 Å². The van der Waals surface area contributed by atoms with Crippen LogP contribution < -0.4 is 0 Å². The van der Waals surface area contributed by atoms with Crippen LogP contribution >= 0.6 is 15.6 Å². The van der Waals surface area contributed by atoms with Gasteiger partial charge in [-0.3, -0.25) is 37.3 Å². The third-order valence-electron chi connectivity index (χ3n) is 15.1. The molecule has 19 heteroatoms. The van der Waals surface area contributed by atoms with Crippen LogP contribution in [0.25, 0.3) is 0 Å². The molecule has 0 aliphatic carbocycles. The van der Waals surface area contributed by atoms with E-state index in [-0.39, 0.29) is 25.7 Å². The minimum Gasteiger partial charge on any atom is -0.462 e. The Kier molecular flexibility index (Phi) is 58.1. The average molecular weight is 1280 g/mol. The highest BCUT2D eigenvalue weighted by atomic mass is 31.2. The second-order valence-electron chi connectivity index (χ2n) is 24.8. The Bertz CT molecular complexity index is 1790. The maximum atomic E-state index is 13.0. The fourth-order valence-corrected chi connectivity index (χ4v) is 11.3. The molecule has 0 bridgehead atoms. The van der Waals surface area contributed by atoms with Crippen LogP contribution in [0.2, 0.25) is 0 Å². The van der Waals surface area contributed by atoms with Crippen molar-refractivity contribution in [3.8, 4) is 0 Å². The number of phosphoric ester groups is 2. The van der Waals surface area contributed by atoms with E-state index < -0.39 is 97.5 Å². The van der Waals surface area contributed by atoms with Crippen LogP contribution in [0, 0.1) is 11.8 Å². The average Bonchev–Trinajstić information content (AvgIpc) is 3.66. The van der Waals surface area contributed by atoms with Crippen LogP contribution in [-0.4, -0.2) is 96.7 Å². The van der Waals surface area contributed by atoms with Crippen molar-refractivity contribution in [3.05, 3.63) is 24.3 Å². The summed E-state index contributed by atoms with van der Waals surface area (Å²) in [6.07, 6.45) is 47.2. The van der Waals surface area contributed by atoms with Gasteiger partial charge >= 0.3 is 39.5 Å². The molecule has 0 aromatic heterocycles. The summed E-state index contributed by atoms with van der Waals surface area (Å²) in [5.41, 5.74) is 0. The standard InChI is InChI=1S/C68H128O17P2/c1-7-9-11-13-14-15-16-17-18-22-25-28-33-39-45-51-66(71)79-57-64(85-67(72)52-46-40-34-29-26-23-20-19-21-24-27-31-37-42-48-60(3)4)59-83-87(76,77)81-55-62(69)54-80-86(74,75)82-58-63(56-78-65(70)50-44-36-12-10-8-2)84-68(73)53-47-41-35-30-32-38-43-49-61(5)6/h15-18,60-64,69H,7-14,19-59H2,1-6H3,(H,74,75)(H,76,77)/b16-15-,18-17-/t62-,63+,64+/m0/s1. The largest absolute Gasteiger partial charge is 0.472 e. The fraction of sp³-hybridized carbons (Fsp3) is 0.882. The van der Waals surface area contributed by atoms with Crippen molar-refractivity contribution in [2.45, 2.75) is 336 Å². The highest BCUT2D eigenvalue weighted by Gasteiger charge is 2.30. The zero-order valence-corrected chi connectivity index (χ0v) is 57.6. The number of carbonyl (C=O) groups is 4. The number of ether oxygens (including phenoxy) is 4. The van der Waals surface area contributed by atoms with E-state index in [0.29, 0.717) is 31.6 Å². The third-order valence-corrected chi connectivity index (χ3v) is 17.0.